The van der Waals surface area contributed by atoms with Crippen molar-refractivity contribution in [3.8, 4) is 5.75 Å². The lowest BCUT2D eigenvalue weighted by Gasteiger charge is -2.28. The van der Waals surface area contributed by atoms with Gasteiger partial charge in [-0.15, -0.1) is 0 Å². The van der Waals surface area contributed by atoms with Gasteiger partial charge in [0.05, 0.1) is 7.11 Å². The van der Waals surface area contributed by atoms with E-state index in [1.54, 1.807) is 45.2 Å². The van der Waals surface area contributed by atoms with E-state index in [0.717, 1.165) is 0 Å². The van der Waals surface area contributed by atoms with Gasteiger partial charge in [0.1, 0.15) is 11.9 Å². The number of halogens is 3. The van der Waals surface area contributed by atoms with Gasteiger partial charge in [0.2, 0.25) is 9.70 Å². The largest absolute Gasteiger partial charge is 0.497 e. The number of methoxy groups -OCH3 is 1. The predicted octanol–water partition coefficient (Wildman–Crippen LogP) is 3.58. The number of hydrogen-bond donors (Lipinski definition) is 2. The molecule has 0 radical (unpaired) electrons. The first-order chi connectivity index (χ1) is 9.24. The van der Waals surface area contributed by atoms with Crippen molar-refractivity contribution in [3.63, 3.8) is 0 Å². The summed E-state index contributed by atoms with van der Waals surface area (Å²) >= 11 is 17.7. The van der Waals surface area contributed by atoms with Crippen LogP contribution in [-0.4, -0.2) is 23.0 Å². The molecule has 2 N–H and O–H groups in total. The molecule has 7 heteroatoms. The van der Waals surface area contributed by atoms with Crippen molar-refractivity contribution < 1.29 is 9.53 Å². The average molecular weight is 340 g/mol. The Balaban J connectivity index is 2.81. The van der Waals surface area contributed by atoms with E-state index in [9.17, 15) is 4.79 Å². The van der Waals surface area contributed by atoms with E-state index in [1.165, 1.54) is 0 Å². The van der Waals surface area contributed by atoms with Crippen LogP contribution in [0.1, 0.15) is 13.8 Å². The Bertz CT molecular complexity index is 444. The van der Waals surface area contributed by atoms with Crippen molar-refractivity contribution in [2.75, 3.05) is 12.4 Å². The molecule has 4 nitrogen and oxygen atoms in total. The molecule has 0 fully saturated rings. The van der Waals surface area contributed by atoms with Crippen LogP contribution in [-0.2, 0) is 4.79 Å². The lowest BCUT2D eigenvalue weighted by atomic mass is 10.2. The smallest absolute Gasteiger partial charge is 0.228 e. The van der Waals surface area contributed by atoms with Crippen molar-refractivity contribution in [1.29, 1.82) is 0 Å². The lowest BCUT2D eigenvalue weighted by Crippen LogP contribution is -2.50. The number of anilines is 1. The van der Waals surface area contributed by atoms with Gasteiger partial charge in [-0.1, -0.05) is 48.7 Å². The average Bonchev–Trinajstić information content (AvgIpc) is 2.37. The topological polar surface area (TPSA) is 50.4 Å². The van der Waals surface area contributed by atoms with Crippen molar-refractivity contribution in [1.82, 2.24) is 5.32 Å². The summed E-state index contributed by atoms with van der Waals surface area (Å²) in [6.45, 7) is 3.52. The Morgan fingerprint density at radius 1 is 1.20 bits per heavy atom. The van der Waals surface area contributed by atoms with Gasteiger partial charge in [0.25, 0.3) is 0 Å². The van der Waals surface area contributed by atoms with Crippen LogP contribution < -0.4 is 15.4 Å². The number of benzene rings is 1. The second-order valence-corrected chi connectivity index (χ2v) is 6.88. The first kappa shape index (κ1) is 17.2. The number of rotatable bonds is 5. The summed E-state index contributed by atoms with van der Waals surface area (Å²) in [4.78, 5) is 11.7. The SMILES string of the molecule is COc1ccc(N[C@H](NC(=O)C(C)C)C(Cl)(Cl)Cl)cc1. The first-order valence-corrected chi connectivity index (χ1v) is 7.15. The molecule has 0 spiro atoms. The maximum absolute atomic E-state index is 11.7. The molecule has 0 saturated heterocycles. The summed E-state index contributed by atoms with van der Waals surface area (Å²) < 4.78 is 3.39. The second kappa shape index (κ2) is 7.25. The van der Waals surface area contributed by atoms with Gasteiger partial charge in [0.15, 0.2) is 0 Å². The molecule has 1 amide bonds. The summed E-state index contributed by atoms with van der Waals surface area (Å²) in [7, 11) is 1.58. The van der Waals surface area contributed by atoms with E-state index in [4.69, 9.17) is 39.5 Å². The third-order valence-electron chi connectivity index (χ3n) is 2.54. The minimum Gasteiger partial charge on any atom is -0.497 e. The Morgan fingerprint density at radius 3 is 2.15 bits per heavy atom. The fourth-order valence-corrected chi connectivity index (χ4v) is 1.69. The van der Waals surface area contributed by atoms with E-state index in [-0.39, 0.29) is 11.8 Å². The summed E-state index contributed by atoms with van der Waals surface area (Å²) in [5.74, 6) is 0.303. The Kier molecular flexibility index (Phi) is 6.24. The zero-order valence-electron chi connectivity index (χ0n) is 11.4. The van der Waals surface area contributed by atoms with Crippen LogP contribution >= 0.6 is 34.8 Å². The molecule has 1 aromatic rings. The molecule has 0 aliphatic rings. The van der Waals surface area contributed by atoms with Crippen molar-refractivity contribution in [3.05, 3.63) is 24.3 Å². The summed E-state index contributed by atoms with van der Waals surface area (Å²) in [6, 6.07) is 7.07. The van der Waals surface area contributed by atoms with Gasteiger partial charge in [-0.2, -0.15) is 0 Å². The van der Waals surface area contributed by atoms with Crippen LogP contribution in [0, 0.1) is 5.92 Å². The molecule has 1 aromatic carbocycles. The fourth-order valence-electron chi connectivity index (χ4n) is 1.36. The van der Waals surface area contributed by atoms with Crippen LogP contribution in [0.4, 0.5) is 5.69 Å². The molecule has 1 atom stereocenters. The number of amides is 1. The zero-order valence-corrected chi connectivity index (χ0v) is 13.7. The number of ether oxygens (including phenoxy) is 1. The van der Waals surface area contributed by atoms with Crippen LogP contribution in [0.2, 0.25) is 0 Å². The standard InChI is InChI=1S/C13H17Cl3N2O2/c1-8(2)11(19)18-12(13(14,15)16)17-9-4-6-10(20-3)7-5-9/h4-8,12,17H,1-3H3,(H,18,19)/t12-/m1/s1. The molecular formula is C13H17Cl3N2O2. The van der Waals surface area contributed by atoms with E-state index >= 15 is 0 Å². The molecule has 0 unspecified atom stereocenters. The van der Waals surface area contributed by atoms with E-state index in [2.05, 4.69) is 10.6 Å². The molecule has 20 heavy (non-hydrogen) atoms. The van der Waals surface area contributed by atoms with Crippen molar-refractivity contribution in [2.45, 2.75) is 23.8 Å². The molecular weight excluding hydrogens is 323 g/mol. The second-order valence-electron chi connectivity index (χ2n) is 4.51. The van der Waals surface area contributed by atoms with Gasteiger partial charge in [-0.3, -0.25) is 4.79 Å². The predicted molar refractivity (Wildman–Crippen MR) is 83.7 cm³/mol. The van der Waals surface area contributed by atoms with Crippen LogP contribution in [0.25, 0.3) is 0 Å². The highest BCUT2D eigenvalue weighted by Gasteiger charge is 2.34. The number of carbonyl (C=O) groups excluding carboxylic acids is 1. The Morgan fingerprint density at radius 2 is 1.75 bits per heavy atom. The van der Waals surface area contributed by atoms with Gasteiger partial charge in [-0.25, -0.2) is 0 Å². The highest BCUT2D eigenvalue weighted by molar-refractivity contribution is 6.68. The van der Waals surface area contributed by atoms with E-state index < -0.39 is 9.96 Å². The van der Waals surface area contributed by atoms with Crippen LogP contribution in [0.15, 0.2) is 24.3 Å². The van der Waals surface area contributed by atoms with Gasteiger partial charge in [-0.05, 0) is 24.3 Å². The maximum atomic E-state index is 11.7. The third-order valence-corrected chi connectivity index (χ3v) is 3.19. The molecule has 0 aromatic heterocycles. The maximum Gasteiger partial charge on any atom is 0.228 e. The van der Waals surface area contributed by atoms with Gasteiger partial charge >= 0.3 is 0 Å². The Labute approximate surface area is 133 Å². The number of carbonyl (C=O) groups is 1. The number of nitrogens with one attached hydrogen (secondary N) is 2. The van der Waals surface area contributed by atoms with Gasteiger partial charge < -0.3 is 15.4 Å². The van der Waals surface area contributed by atoms with Gasteiger partial charge in [0, 0.05) is 11.6 Å². The molecule has 112 valence electrons. The first-order valence-electron chi connectivity index (χ1n) is 6.01. The molecule has 0 bridgehead atoms. The highest BCUT2D eigenvalue weighted by Crippen LogP contribution is 2.31. The number of alkyl halides is 3. The molecule has 0 heterocycles. The summed E-state index contributed by atoms with van der Waals surface area (Å²) in [5.41, 5.74) is 0.700. The van der Waals surface area contributed by atoms with E-state index in [0.29, 0.717) is 11.4 Å². The lowest BCUT2D eigenvalue weighted by molar-refractivity contribution is -0.124. The fraction of sp³-hybridized carbons (Fsp3) is 0.462. The summed E-state index contributed by atoms with van der Waals surface area (Å²) in [6.07, 6.45) is -0.837. The highest BCUT2D eigenvalue weighted by atomic mass is 35.6. The zero-order chi connectivity index (χ0) is 15.3. The summed E-state index contributed by atoms with van der Waals surface area (Å²) in [5, 5.41) is 5.63. The van der Waals surface area contributed by atoms with Crippen molar-refractivity contribution >= 4 is 46.4 Å². The normalized spacial score (nSPS) is 12.9. The van der Waals surface area contributed by atoms with Crippen LogP contribution in [0.3, 0.4) is 0 Å². The molecule has 0 saturated carbocycles. The number of hydrogen-bond acceptors (Lipinski definition) is 3. The van der Waals surface area contributed by atoms with Crippen LogP contribution in [0.5, 0.6) is 5.75 Å². The minimum absolute atomic E-state index is 0.206. The quantitative estimate of drug-likeness (QED) is 0.637. The van der Waals surface area contributed by atoms with Crippen molar-refractivity contribution in [2.24, 2.45) is 5.92 Å². The monoisotopic (exact) mass is 338 g/mol. The van der Waals surface area contributed by atoms with E-state index in [1.807, 2.05) is 0 Å². The molecule has 1 rings (SSSR count). The molecule has 0 aliphatic heterocycles. The molecule has 0 aliphatic carbocycles. The minimum atomic E-state index is -1.68. The third kappa shape index (κ3) is 5.27. The Hall–Kier alpha value is -0.840.